The normalized spacial score (nSPS) is 22.4. The first-order chi connectivity index (χ1) is 17.1. The van der Waals surface area contributed by atoms with Gasteiger partial charge in [-0.2, -0.15) is 13.2 Å². The Morgan fingerprint density at radius 1 is 0.944 bits per heavy atom. The third kappa shape index (κ3) is 5.51. The van der Waals surface area contributed by atoms with Crippen molar-refractivity contribution in [1.82, 2.24) is 20.0 Å². The maximum atomic E-state index is 13.1. The van der Waals surface area contributed by atoms with Crippen LogP contribution in [-0.2, 0) is 6.18 Å². The van der Waals surface area contributed by atoms with Gasteiger partial charge in [0.1, 0.15) is 0 Å². The van der Waals surface area contributed by atoms with Gasteiger partial charge < -0.3 is 20.0 Å². The number of rotatable bonds is 4. The summed E-state index contributed by atoms with van der Waals surface area (Å²) in [5.74, 6) is 0.245. The van der Waals surface area contributed by atoms with E-state index in [0.29, 0.717) is 36.6 Å². The van der Waals surface area contributed by atoms with Crippen LogP contribution in [0.25, 0.3) is 11.1 Å². The van der Waals surface area contributed by atoms with E-state index < -0.39 is 11.7 Å². The molecule has 0 spiro atoms. The highest BCUT2D eigenvalue weighted by Gasteiger charge is 2.36. The van der Waals surface area contributed by atoms with Crippen molar-refractivity contribution < 1.29 is 22.8 Å². The zero-order valence-corrected chi connectivity index (χ0v) is 20.9. The number of hydrogen-bond acceptors (Lipinski definition) is 3. The SMILES string of the molecule is C[C@H]1CNCCC1N(C)C(=O)N1CCC(N(C)C(=O)c2ccc(-c3ccc(C(F)(F)F)cc3)cc2)C1. The van der Waals surface area contributed by atoms with Crippen LogP contribution < -0.4 is 5.32 Å². The fraction of sp³-hybridized carbons (Fsp3) is 0.481. The van der Waals surface area contributed by atoms with Gasteiger partial charge >= 0.3 is 12.2 Å². The molecule has 194 valence electrons. The number of carbonyl (C=O) groups is 2. The first kappa shape index (κ1) is 26.0. The molecule has 6 nitrogen and oxygen atoms in total. The van der Waals surface area contributed by atoms with Crippen LogP contribution in [0.2, 0.25) is 0 Å². The minimum Gasteiger partial charge on any atom is -0.337 e. The fourth-order valence-corrected chi connectivity index (χ4v) is 5.20. The van der Waals surface area contributed by atoms with Crippen molar-refractivity contribution in [1.29, 1.82) is 0 Å². The molecule has 2 heterocycles. The Morgan fingerprint density at radius 3 is 2.14 bits per heavy atom. The Morgan fingerprint density at radius 2 is 1.56 bits per heavy atom. The van der Waals surface area contributed by atoms with Crippen molar-refractivity contribution in [3.05, 3.63) is 59.7 Å². The van der Waals surface area contributed by atoms with Crippen LogP contribution in [0.15, 0.2) is 48.5 Å². The maximum Gasteiger partial charge on any atom is 0.416 e. The van der Waals surface area contributed by atoms with Gasteiger partial charge in [0.2, 0.25) is 0 Å². The largest absolute Gasteiger partial charge is 0.416 e. The Kier molecular flexibility index (Phi) is 7.59. The number of hydrogen-bond donors (Lipinski definition) is 1. The Labute approximate surface area is 210 Å². The number of nitrogens with zero attached hydrogens (tertiary/aromatic N) is 3. The third-order valence-electron chi connectivity index (χ3n) is 7.52. The second-order valence-corrected chi connectivity index (χ2v) is 9.89. The molecule has 0 aliphatic carbocycles. The zero-order valence-electron chi connectivity index (χ0n) is 20.9. The molecule has 0 aromatic heterocycles. The lowest BCUT2D eigenvalue weighted by atomic mass is 9.94. The van der Waals surface area contributed by atoms with Gasteiger partial charge in [-0.1, -0.05) is 31.2 Å². The average Bonchev–Trinajstić information content (AvgIpc) is 3.37. The van der Waals surface area contributed by atoms with Crippen LogP contribution in [0, 0.1) is 5.92 Å². The number of amides is 3. The van der Waals surface area contributed by atoms with Crippen molar-refractivity contribution in [2.75, 3.05) is 40.3 Å². The predicted molar refractivity (Wildman–Crippen MR) is 133 cm³/mol. The summed E-state index contributed by atoms with van der Waals surface area (Å²) < 4.78 is 38.4. The van der Waals surface area contributed by atoms with E-state index in [2.05, 4.69) is 12.2 Å². The number of piperidine rings is 1. The Hall–Kier alpha value is -3.07. The molecule has 1 N–H and O–H groups in total. The number of likely N-dealkylation sites (tertiary alicyclic amines) is 1. The smallest absolute Gasteiger partial charge is 0.337 e. The summed E-state index contributed by atoms with van der Waals surface area (Å²) in [4.78, 5) is 31.6. The number of benzene rings is 2. The molecule has 2 fully saturated rings. The molecule has 0 saturated carbocycles. The summed E-state index contributed by atoms with van der Waals surface area (Å²) >= 11 is 0. The van der Waals surface area contributed by atoms with E-state index in [4.69, 9.17) is 0 Å². The quantitative estimate of drug-likeness (QED) is 0.667. The Balaban J connectivity index is 1.36. The molecule has 2 aliphatic heterocycles. The molecule has 3 amide bonds. The average molecular weight is 503 g/mol. The molecule has 0 radical (unpaired) electrons. The van der Waals surface area contributed by atoms with Crippen molar-refractivity contribution in [3.8, 4) is 11.1 Å². The van der Waals surface area contributed by atoms with Crippen LogP contribution in [-0.4, -0.2) is 79.0 Å². The van der Waals surface area contributed by atoms with E-state index in [1.807, 2.05) is 16.8 Å². The number of alkyl halides is 3. The molecule has 2 aromatic carbocycles. The summed E-state index contributed by atoms with van der Waals surface area (Å²) in [6, 6.07) is 12.0. The monoisotopic (exact) mass is 502 g/mol. The van der Waals surface area contributed by atoms with Crippen LogP contribution in [0.1, 0.15) is 35.7 Å². The van der Waals surface area contributed by atoms with Gasteiger partial charge in [-0.15, -0.1) is 0 Å². The number of nitrogens with one attached hydrogen (secondary N) is 1. The lowest BCUT2D eigenvalue weighted by Crippen LogP contribution is -2.53. The third-order valence-corrected chi connectivity index (χ3v) is 7.52. The number of likely N-dealkylation sites (N-methyl/N-ethyl adjacent to an activating group) is 1. The van der Waals surface area contributed by atoms with Crippen LogP contribution in [0.3, 0.4) is 0 Å². The van der Waals surface area contributed by atoms with Gasteiger partial charge in [-0.3, -0.25) is 4.79 Å². The van der Waals surface area contributed by atoms with Gasteiger partial charge in [0, 0.05) is 38.8 Å². The maximum absolute atomic E-state index is 13.1. The summed E-state index contributed by atoms with van der Waals surface area (Å²) in [7, 11) is 3.62. The van der Waals surface area contributed by atoms with E-state index >= 15 is 0 Å². The van der Waals surface area contributed by atoms with Crippen LogP contribution >= 0.6 is 0 Å². The summed E-state index contributed by atoms with van der Waals surface area (Å²) in [6.45, 7) is 5.07. The first-order valence-corrected chi connectivity index (χ1v) is 12.3. The van der Waals surface area contributed by atoms with Gasteiger partial charge in [0.05, 0.1) is 11.6 Å². The second-order valence-electron chi connectivity index (χ2n) is 9.89. The van der Waals surface area contributed by atoms with Crippen LogP contribution in [0.4, 0.5) is 18.0 Å². The lowest BCUT2D eigenvalue weighted by Gasteiger charge is -2.38. The molecular weight excluding hydrogens is 469 g/mol. The van der Waals surface area contributed by atoms with Crippen LogP contribution in [0.5, 0.6) is 0 Å². The topological polar surface area (TPSA) is 55.9 Å². The summed E-state index contributed by atoms with van der Waals surface area (Å²) in [5.41, 5.74) is 1.18. The molecule has 0 bridgehead atoms. The number of carbonyl (C=O) groups excluding carboxylic acids is 2. The predicted octanol–water partition coefficient (Wildman–Crippen LogP) is 4.57. The van der Waals surface area contributed by atoms with E-state index in [0.717, 1.165) is 37.2 Å². The van der Waals surface area contributed by atoms with E-state index in [-0.39, 0.29) is 24.0 Å². The molecule has 4 rings (SSSR count). The minimum atomic E-state index is -4.37. The molecule has 9 heteroatoms. The number of halogens is 3. The van der Waals surface area contributed by atoms with Crippen molar-refractivity contribution >= 4 is 11.9 Å². The molecule has 2 saturated heterocycles. The number of urea groups is 1. The lowest BCUT2D eigenvalue weighted by molar-refractivity contribution is -0.137. The van der Waals surface area contributed by atoms with Crippen molar-refractivity contribution in [3.63, 3.8) is 0 Å². The molecule has 36 heavy (non-hydrogen) atoms. The van der Waals surface area contributed by atoms with Gasteiger partial charge in [-0.05, 0) is 67.2 Å². The summed E-state index contributed by atoms with van der Waals surface area (Å²) in [5, 5.41) is 3.36. The van der Waals surface area contributed by atoms with E-state index in [1.165, 1.54) is 12.1 Å². The second kappa shape index (κ2) is 10.5. The van der Waals surface area contributed by atoms with E-state index in [1.54, 1.807) is 36.2 Å². The highest BCUT2D eigenvalue weighted by molar-refractivity contribution is 5.95. The van der Waals surface area contributed by atoms with Gasteiger partial charge in [0.15, 0.2) is 0 Å². The zero-order chi connectivity index (χ0) is 26.0. The fourth-order valence-electron chi connectivity index (χ4n) is 5.20. The molecule has 3 atom stereocenters. The van der Waals surface area contributed by atoms with Crippen molar-refractivity contribution in [2.45, 2.75) is 38.0 Å². The Bertz CT molecular complexity index is 1070. The minimum absolute atomic E-state index is 0.0120. The summed E-state index contributed by atoms with van der Waals surface area (Å²) in [6.07, 6.45) is -2.73. The molecule has 2 aliphatic rings. The highest BCUT2D eigenvalue weighted by Crippen LogP contribution is 2.31. The highest BCUT2D eigenvalue weighted by atomic mass is 19.4. The first-order valence-electron chi connectivity index (χ1n) is 12.3. The van der Waals surface area contributed by atoms with Gasteiger partial charge in [0.25, 0.3) is 5.91 Å². The molecule has 2 unspecified atom stereocenters. The van der Waals surface area contributed by atoms with Crippen molar-refractivity contribution in [2.24, 2.45) is 5.92 Å². The standard InChI is InChI=1S/C27H33F3N4O2/c1-18-16-31-14-12-24(18)33(3)26(36)34-15-13-23(17-34)32(2)25(35)21-6-4-19(5-7-21)20-8-10-22(11-9-20)27(28,29)30/h4-11,18,23-24,31H,12-17H2,1-3H3/t18-,23?,24?/m0/s1. The molecular formula is C27H33F3N4O2. The van der Waals surface area contributed by atoms with Gasteiger partial charge in [-0.25, -0.2) is 4.79 Å². The molecule has 2 aromatic rings. The van der Waals surface area contributed by atoms with E-state index in [9.17, 15) is 22.8 Å².